The quantitative estimate of drug-likeness (QED) is 0.760. The van der Waals surface area contributed by atoms with E-state index < -0.39 is 0 Å². The highest BCUT2D eigenvalue weighted by atomic mass is 16.6. The van der Waals surface area contributed by atoms with Crippen molar-refractivity contribution in [3.63, 3.8) is 0 Å². The third kappa shape index (κ3) is 4.59. The van der Waals surface area contributed by atoms with Crippen LogP contribution in [0.1, 0.15) is 12.0 Å². The Hall–Kier alpha value is -3.42. The summed E-state index contributed by atoms with van der Waals surface area (Å²) in [5.74, 6) is 2.09. The van der Waals surface area contributed by atoms with Gasteiger partial charge in [0.1, 0.15) is 19.0 Å². The van der Waals surface area contributed by atoms with Crippen LogP contribution in [-0.4, -0.2) is 51.4 Å². The van der Waals surface area contributed by atoms with Crippen molar-refractivity contribution in [3.05, 3.63) is 48.0 Å². The Kier molecular flexibility index (Phi) is 5.92. The maximum atomic E-state index is 12.5. The van der Waals surface area contributed by atoms with Gasteiger partial charge in [-0.3, -0.25) is 4.79 Å². The minimum Gasteiger partial charge on any atom is -0.497 e. The molecule has 2 aliphatic heterocycles. The number of nitrogens with one attached hydrogen (secondary N) is 2. The molecule has 0 aliphatic carbocycles. The van der Waals surface area contributed by atoms with Gasteiger partial charge in [-0.2, -0.15) is 0 Å². The van der Waals surface area contributed by atoms with Crippen molar-refractivity contribution in [2.45, 2.75) is 18.9 Å². The van der Waals surface area contributed by atoms with Crippen LogP contribution in [-0.2, 0) is 11.2 Å². The normalized spacial score (nSPS) is 17.6. The van der Waals surface area contributed by atoms with Crippen LogP contribution in [0.15, 0.2) is 42.5 Å². The summed E-state index contributed by atoms with van der Waals surface area (Å²) in [6.07, 6.45) is 0.977. The molecule has 0 aromatic heterocycles. The topological polar surface area (TPSA) is 89.1 Å². The molecule has 2 aromatic carbocycles. The molecule has 2 N–H and O–H groups in total. The van der Waals surface area contributed by atoms with E-state index in [0.29, 0.717) is 44.2 Å². The van der Waals surface area contributed by atoms with E-state index in [1.54, 1.807) is 12.0 Å². The van der Waals surface area contributed by atoms with Crippen LogP contribution in [0.4, 0.5) is 10.5 Å². The number of ether oxygens (including phenoxy) is 3. The number of nitrogens with zero attached hydrogens (tertiary/aromatic N) is 1. The average Bonchev–Trinajstić information content (AvgIpc) is 3.13. The summed E-state index contributed by atoms with van der Waals surface area (Å²) in [4.78, 5) is 26.3. The van der Waals surface area contributed by atoms with Crippen LogP contribution in [0, 0.1) is 0 Å². The molecule has 30 heavy (non-hydrogen) atoms. The van der Waals surface area contributed by atoms with E-state index in [1.807, 2.05) is 42.5 Å². The summed E-state index contributed by atoms with van der Waals surface area (Å²) < 4.78 is 16.3. The summed E-state index contributed by atoms with van der Waals surface area (Å²) >= 11 is 0. The standard InChI is InChI=1S/C22H25N3O5/c1-28-18-5-2-15(3-6-18)8-9-23-22(27)24-16-12-21(26)25(14-16)17-4-7-19-20(13-17)30-11-10-29-19/h2-7,13,16H,8-12,14H2,1H3,(H2,23,24,27)/t16-/m1/s1. The van der Waals surface area contributed by atoms with Gasteiger partial charge in [0.25, 0.3) is 0 Å². The van der Waals surface area contributed by atoms with Crippen molar-refractivity contribution in [1.29, 1.82) is 0 Å². The van der Waals surface area contributed by atoms with E-state index in [0.717, 1.165) is 17.0 Å². The first-order valence-corrected chi connectivity index (χ1v) is 9.99. The van der Waals surface area contributed by atoms with E-state index in [1.165, 1.54) is 0 Å². The molecular formula is C22H25N3O5. The summed E-state index contributed by atoms with van der Waals surface area (Å²) in [5.41, 5.74) is 1.85. The zero-order valence-electron chi connectivity index (χ0n) is 16.8. The lowest BCUT2D eigenvalue weighted by molar-refractivity contribution is -0.117. The maximum Gasteiger partial charge on any atom is 0.315 e. The van der Waals surface area contributed by atoms with Crippen molar-refractivity contribution in [1.82, 2.24) is 10.6 Å². The highest BCUT2D eigenvalue weighted by Crippen LogP contribution is 2.35. The number of anilines is 1. The van der Waals surface area contributed by atoms with Crippen molar-refractivity contribution in [2.75, 3.05) is 38.3 Å². The van der Waals surface area contributed by atoms with Crippen LogP contribution in [0.25, 0.3) is 0 Å². The molecule has 2 aliphatic rings. The number of methoxy groups -OCH3 is 1. The predicted octanol–water partition coefficient (Wildman–Crippen LogP) is 2.11. The van der Waals surface area contributed by atoms with Gasteiger partial charge in [0.2, 0.25) is 5.91 Å². The van der Waals surface area contributed by atoms with Gasteiger partial charge in [-0.15, -0.1) is 0 Å². The van der Waals surface area contributed by atoms with E-state index >= 15 is 0 Å². The van der Waals surface area contributed by atoms with Crippen LogP contribution >= 0.6 is 0 Å². The zero-order chi connectivity index (χ0) is 20.9. The number of hydrogen-bond donors (Lipinski definition) is 2. The van der Waals surface area contributed by atoms with Crippen molar-refractivity contribution >= 4 is 17.6 Å². The Morgan fingerprint density at radius 2 is 1.90 bits per heavy atom. The summed E-state index contributed by atoms with van der Waals surface area (Å²) in [5, 5.41) is 5.74. The molecule has 8 nitrogen and oxygen atoms in total. The van der Waals surface area contributed by atoms with Gasteiger partial charge in [-0.05, 0) is 36.2 Å². The Balaban J connectivity index is 1.26. The SMILES string of the molecule is COc1ccc(CCNC(=O)N[C@@H]2CC(=O)N(c3ccc4c(c3)OCCO4)C2)cc1. The van der Waals surface area contributed by atoms with Gasteiger partial charge >= 0.3 is 6.03 Å². The van der Waals surface area contributed by atoms with Gasteiger partial charge < -0.3 is 29.7 Å². The maximum absolute atomic E-state index is 12.5. The van der Waals surface area contributed by atoms with Crippen LogP contribution in [0.5, 0.6) is 17.2 Å². The molecule has 8 heteroatoms. The molecule has 2 heterocycles. The van der Waals surface area contributed by atoms with Crippen molar-refractivity contribution in [3.8, 4) is 17.2 Å². The Morgan fingerprint density at radius 1 is 1.13 bits per heavy atom. The van der Waals surface area contributed by atoms with E-state index in [2.05, 4.69) is 10.6 Å². The first-order valence-electron chi connectivity index (χ1n) is 9.99. The van der Waals surface area contributed by atoms with Crippen LogP contribution in [0.3, 0.4) is 0 Å². The third-order valence-corrected chi connectivity index (χ3v) is 5.16. The van der Waals surface area contributed by atoms with E-state index in [9.17, 15) is 9.59 Å². The highest BCUT2D eigenvalue weighted by Gasteiger charge is 2.32. The third-order valence-electron chi connectivity index (χ3n) is 5.16. The number of carbonyl (C=O) groups is 2. The summed E-state index contributed by atoms with van der Waals surface area (Å²) in [7, 11) is 1.63. The van der Waals surface area contributed by atoms with Crippen LogP contribution < -0.4 is 29.7 Å². The zero-order valence-corrected chi connectivity index (χ0v) is 16.8. The number of fused-ring (bicyclic) bond motifs is 1. The van der Waals surface area contributed by atoms with Gasteiger partial charge in [-0.1, -0.05) is 12.1 Å². The van der Waals surface area contributed by atoms with Crippen molar-refractivity contribution in [2.24, 2.45) is 0 Å². The fraction of sp³-hybridized carbons (Fsp3) is 0.364. The molecule has 0 bridgehead atoms. The average molecular weight is 411 g/mol. The van der Waals surface area contributed by atoms with E-state index in [4.69, 9.17) is 14.2 Å². The van der Waals surface area contributed by atoms with E-state index in [-0.39, 0.29) is 24.4 Å². The molecule has 0 radical (unpaired) electrons. The van der Waals surface area contributed by atoms with Gasteiger partial charge in [0.05, 0.1) is 13.2 Å². The second-order valence-corrected chi connectivity index (χ2v) is 7.23. The minimum absolute atomic E-state index is 0.0322. The largest absolute Gasteiger partial charge is 0.497 e. The van der Waals surface area contributed by atoms with Crippen LogP contribution in [0.2, 0.25) is 0 Å². The fourth-order valence-corrected chi connectivity index (χ4v) is 3.60. The Morgan fingerprint density at radius 3 is 2.67 bits per heavy atom. The van der Waals surface area contributed by atoms with Crippen molar-refractivity contribution < 1.29 is 23.8 Å². The number of hydrogen-bond acceptors (Lipinski definition) is 5. The first kappa shape index (κ1) is 19.9. The number of amides is 3. The second-order valence-electron chi connectivity index (χ2n) is 7.23. The smallest absolute Gasteiger partial charge is 0.315 e. The summed E-state index contributed by atoms with van der Waals surface area (Å²) in [6.45, 7) is 1.94. The highest BCUT2D eigenvalue weighted by molar-refractivity contribution is 5.97. The van der Waals surface area contributed by atoms with Gasteiger partial charge in [-0.25, -0.2) is 4.79 Å². The molecule has 3 amide bonds. The molecule has 0 unspecified atom stereocenters. The Bertz CT molecular complexity index is 915. The first-order chi connectivity index (χ1) is 14.6. The monoisotopic (exact) mass is 411 g/mol. The lowest BCUT2D eigenvalue weighted by Crippen LogP contribution is -2.43. The number of carbonyl (C=O) groups excluding carboxylic acids is 2. The second kappa shape index (κ2) is 8.94. The lowest BCUT2D eigenvalue weighted by Gasteiger charge is -2.22. The molecule has 158 valence electrons. The number of benzene rings is 2. The summed E-state index contributed by atoms with van der Waals surface area (Å²) in [6, 6.07) is 12.7. The van der Waals surface area contributed by atoms with Gasteiger partial charge in [0.15, 0.2) is 11.5 Å². The molecule has 1 atom stereocenters. The minimum atomic E-state index is -0.273. The molecule has 1 saturated heterocycles. The molecule has 4 rings (SSSR count). The fourth-order valence-electron chi connectivity index (χ4n) is 3.60. The molecule has 0 saturated carbocycles. The number of rotatable bonds is 6. The molecular weight excluding hydrogens is 386 g/mol. The lowest BCUT2D eigenvalue weighted by atomic mass is 10.1. The number of urea groups is 1. The molecule has 0 spiro atoms. The Labute approximate surface area is 175 Å². The molecule has 1 fully saturated rings. The molecule has 2 aromatic rings. The van der Waals surface area contributed by atoms with Gasteiger partial charge in [0, 0.05) is 31.3 Å². The predicted molar refractivity (Wildman–Crippen MR) is 111 cm³/mol.